The van der Waals surface area contributed by atoms with E-state index in [2.05, 4.69) is 27.8 Å². The fraction of sp³-hybridized carbons (Fsp3) is 0.375. The molecule has 1 aromatic rings. The molecule has 0 bridgehead atoms. The van der Waals surface area contributed by atoms with Crippen molar-refractivity contribution in [1.82, 2.24) is 4.98 Å². The first-order valence-corrected chi connectivity index (χ1v) is 4.67. The molecule has 0 aliphatic rings. The van der Waals surface area contributed by atoms with Gasteiger partial charge >= 0.3 is 0 Å². The summed E-state index contributed by atoms with van der Waals surface area (Å²) in [6, 6.07) is 3.89. The van der Waals surface area contributed by atoms with Gasteiger partial charge in [0, 0.05) is 10.5 Å². The highest BCUT2D eigenvalue weighted by Crippen LogP contribution is 2.23. The van der Waals surface area contributed by atoms with Gasteiger partial charge in [-0.25, -0.2) is 4.98 Å². The average molecular weight is 235 g/mol. The summed E-state index contributed by atoms with van der Waals surface area (Å²) < 4.78 is 0. The highest BCUT2D eigenvalue weighted by atomic mass is 79.9. The fourth-order valence-electron chi connectivity index (χ4n) is 0.883. The summed E-state index contributed by atoms with van der Waals surface area (Å²) >= 11 is 9.23. The van der Waals surface area contributed by atoms with Crippen LogP contribution in [-0.4, -0.2) is 4.98 Å². The van der Waals surface area contributed by atoms with E-state index in [9.17, 15) is 0 Å². The number of hydrogen-bond donors (Lipinski definition) is 0. The second kappa shape index (κ2) is 3.55. The van der Waals surface area contributed by atoms with Crippen LogP contribution in [0, 0.1) is 6.92 Å². The number of halogens is 2. The Balaban J connectivity index is 3.08. The smallest absolute Gasteiger partial charge is 0.129 e. The first-order valence-electron chi connectivity index (χ1n) is 3.38. The number of pyridine rings is 1. The molecular formula is C8H9BrClN. The normalized spacial score (nSPS) is 13.1. The van der Waals surface area contributed by atoms with Crippen LogP contribution in [0.25, 0.3) is 0 Å². The quantitative estimate of drug-likeness (QED) is 0.535. The van der Waals surface area contributed by atoms with Crippen molar-refractivity contribution in [3.63, 3.8) is 0 Å². The van der Waals surface area contributed by atoms with Crippen LogP contribution < -0.4 is 0 Å². The van der Waals surface area contributed by atoms with Crippen molar-refractivity contribution < 1.29 is 0 Å². The van der Waals surface area contributed by atoms with Gasteiger partial charge in [-0.05, 0) is 31.5 Å². The molecule has 0 amide bonds. The van der Waals surface area contributed by atoms with E-state index in [1.807, 2.05) is 19.1 Å². The van der Waals surface area contributed by atoms with Crippen LogP contribution in [0.5, 0.6) is 0 Å². The van der Waals surface area contributed by atoms with E-state index in [-0.39, 0.29) is 0 Å². The van der Waals surface area contributed by atoms with Gasteiger partial charge in [0.05, 0.1) is 0 Å². The van der Waals surface area contributed by atoms with E-state index in [0.717, 1.165) is 5.69 Å². The van der Waals surface area contributed by atoms with E-state index in [4.69, 9.17) is 11.6 Å². The van der Waals surface area contributed by atoms with Gasteiger partial charge in [0.15, 0.2) is 0 Å². The minimum atomic E-state index is 0.335. The van der Waals surface area contributed by atoms with Crippen molar-refractivity contribution in [2.24, 2.45) is 0 Å². The summed E-state index contributed by atoms with van der Waals surface area (Å²) in [6.07, 6.45) is 0. The van der Waals surface area contributed by atoms with Gasteiger partial charge in [0.1, 0.15) is 5.15 Å². The Morgan fingerprint density at radius 2 is 2.18 bits per heavy atom. The van der Waals surface area contributed by atoms with Crippen LogP contribution in [0.4, 0.5) is 0 Å². The predicted molar refractivity (Wildman–Crippen MR) is 51.3 cm³/mol. The first-order chi connectivity index (χ1) is 5.09. The van der Waals surface area contributed by atoms with Crippen molar-refractivity contribution in [2.75, 3.05) is 0 Å². The van der Waals surface area contributed by atoms with Gasteiger partial charge < -0.3 is 0 Å². The van der Waals surface area contributed by atoms with Crippen molar-refractivity contribution in [2.45, 2.75) is 18.7 Å². The molecule has 1 nitrogen and oxygen atoms in total. The van der Waals surface area contributed by atoms with Crippen LogP contribution in [0.3, 0.4) is 0 Å². The van der Waals surface area contributed by atoms with Gasteiger partial charge in [0.2, 0.25) is 0 Å². The molecule has 0 spiro atoms. The monoisotopic (exact) mass is 233 g/mol. The maximum atomic E-state index is 5.76. The SMILES string of the molecule is Cc1cc(C(C)Br)cc(Cl)n1. The van der Waals surface area contributed by atoms with Gasteiger partial charge in [-0.15, -0.1) is 0 Å². The molecule has 0 saturated carbocycles. The standard InChI is InChI=1S/C8H9BrClN/c1-5-3-7(6(2)9)4-8(10)11-5/h3-4,6H,1-2H3. The highest BCUT2D eigenvalue weighted by Gasteiger charge is 2.02. The number of hydrogen-bond acceptors (Lipinski definition) is 1. The topological polar surface area (TPSA) is 12.9 Å². The zero-order valence-electron chi connectivity index (χ0n) is 6.44. The molecule has 60 valence electrons. The molecule has 0 aliphatic heterocycles. The van der Waals surface area contributed by atoms with Crippen molar-refractivity contribution in [3.05, 3.63) is 28.5 Å². The number of rotatable bonds is 1. The Hall–Kier alpha value is -0.0800. The number of aryl methyl sites for hydroxylation is 1. The second-order valence-electron chi connectivity index (χ2n) is 2.48. The van der Waals surface area contributed by atoms with E-state index in [0.29, 0.717) is 9.98 Å². The summed E-state index contributed by atoms with van der Waals surface area (Å²) in [6.45, 7) is 4.00. The lowest BCUT2D eigenvalue weighted by Crippen LogP contribution is -1.88. The van der Waals surface area contributed by atoms with Crippen LogP contribution in [0.15, 0.2) is 12.1 Å². The molecule has 1 unspecified atom stereocenters. The molecule has 1 atom stereocenters. The van der Waals surface area contributed by atoms with E-state index >= 15 is 0 Å². The minimum Gasteiger partial charge on any atom is -0.241 e. The molecule has 0 radical (unpaired) electrons. The van der Waals surface area contributed by atoms with Crippen LogP contribution in [0.2, 0.25) is 5.15 Å². The molecule has 3 heteroatoms. The van der Waals surface area contributed by atoms with Crippen molar-refractivity contribution in [1.29, 1.82) is 0 Å². The lowest BCUT2D eigenvalue weighted by molar-refractivity contribution is 1.08. The fourth-order valence-corrected chi connectivity index (χ4v) is 1.41. The van der Waals surface area contributed by atoms with Gasteiger partial charge in [-0.3, -0.25) is 0 Å². The van der Waals surface area contributed by atoms with Crippen LogP contribution in [0.1, 0.15) is 23.0 Å². The van der Waals surface area contributed by atoms with Crippen LogP contribution >= 0.6 is 27.5 Å². The third-order valence-corrected chi connectivity index (χ3v) is 2.13. The van der Waals surface area contributed by atoms with Crippen molar-refractivity contribution in [3.8, 4) is 0 Å². The maximum Gasteiger partial charge on any atom is 0.129 e. The Kier molecular flexibility index (Phi) is 2.90. The third kappa shape index (κ3) is 2.46. The maximum absolute atomic E-state index is 5.76. The van der Waals surface area contributed by atoms with Gasteiger partial charge in [0.25, 0.3) is 0 Å². The molecule has 1 aromatic heterocycles. The predicted octanol–water partition coefficient (Wildman–Crippen LogP) is 3.50. The molecule has 0 saturated heterocycles. The largest absolute Gasteiger partial charge is 0.241 e. The van der Waals surface area contributed by atoms with Gasteiger partial charge in [-0.2, -0.15) is 0 Å². The lowest BCUT2D eigenvalue weighted by atomic mass is 10.2. The Morgan fingerprint density at radius 3 is 2.64 bits per heavy atom. The molecule has 1 heterocycles. The number of alkyl halides is 1. The summed E-state index contributed by atoms with van der Waals surface area (Å²) in [5.74, 6) is 0. The number of nitrogens with zero attached hydrogens (tertiary/aromatic N) is 1. The lowest BCUT2D eigenvalue weighted by Gasteiger charge is -2.04. The Labute approximate surface area is 79.9 Å². The first kappa shape index (κ1) is 9.01. The molecule has 11 heavy (non-hydrogen) atoms. The van der Waals surface area contributed by atoms with Gasteiger partial charge in [-0.1, -0.05) is 27.5 Å². The zero-order chi connectivity index (χ0) is 8.43. The summed E-state index contributed by atoms with van der Waals surface area (Å²) in [5.41, 5.74) is 2.13. The van der Waals surface area contributed by atoms with E-state index in [1.54, 1.807) is 0 Å². The summed E-state index contributed by atoms with van der Waals surface area (Å²) in [4.78, 5) is 4.40. The van der Waals surface area contributed by atoms with Crippen molar-refractivity contribution >= 4 is 27.5 Å². The average Bonchev–Trinajstić information content (AvgIpc) is 1.85. The summed E-state index contributed by atoms with van der Waals surface area (Å²) in [5, 5.41) is 0.561. The zero-order valence-corrected chi connectivity index (χ0v) is 8.78. The van der Waals surface area contributed by atoms with E-state index in [1.165, 1.54) is 5.56 Å². The molecule has 0 aliphatic carbocycles. The highest BCUT2D eigenvalue weighted by molar-refractivity contribution is 9.09. The molecule has 0 aromatic carbocycles. The second-order valence-corrected chi connectivity index (χ2v) is 4.24. The Morgan fingerprint density at radius 1 is 1.55 bits per heavy atom. The molecule has 1 rings (SSSR count). The summed E-state index contributed by atoms with van der Waals surface area (Å²) in [7, 11) is 0. The molecule has 0 fully saturated rings. The van der Waals surface area contributed by atoms with E-state index < -0.39 is 0 Å². The van der Waals surface area contributed by atoms with Crippen LogP contribution in [-0.2, 0) is 0 Å². The third-order valence-electron chi connectivity index (χ3n) is 1.40. The minimum absolute atomic E-state index is 0.335. The molecular weight excluding hydrogens is 225 g/mol. The Bertz CT molecular complexity index is 240. The number of aromatic nitrogens is 1. The molecule has 0 N–H and O–H groups in total.